The molecule has 1 N–H and O–H groups in total. The number of amides is 2. The Hall–Kier alpha value is -5.16. The number of rotatable bonds is 5. The van der Waals surface area contributed by atoms with Crippen LogP contribution in [0.25, 0.3) is 11.1 Å². The van der Waals surface area contributed by atoms with Gasteiger partial charge in [0.2, 0.25) is 0 Å². The van der Waals surface area contributed by atoms with E-state index in [4.69, 9.17) is 0 Å². The van der Waals surface area contributed by atoms with E-state index in [1.165, 1.54) is 0 Å². The summed E-state index contributed by atoms with van der Waals surface area (Å²) < 4.78 is 0. The van der Waals surface area contributed by atoms with E-state index < -0.39 is 0 Å². The van der Waals surface area contributed by atoms with E-state index in [1.54, 1.807) is 24.3 Å². The molecule has 0 atom stereocenters. The number of anilines is 4. The van der Waals surface area contributed by atoms with Gasteiger partial charge in [-0.05, 0) is 72.1 Å². The average Bonchev–Trinajstić information content (AvgIpc) is 3.22. The Bertz CT molecular complexity index is 1630. The smallest absolute Gasteiger partial charge is 0.258 e. The standard InChI is InChI=1S/C35H29N3O2/c39-34(31-17-8-7-16-30(31)26-12-3-1-4-13-26)36-28-22-20-27(21-23-28)35(40)38-25-11-24-37(29-14-5-2-6-15-29)32-18-9-10-19-33(32)38/h1-10,12-23H,11,24-25H2,(H,36,39). The van der Waals surface area contributed by atoms with Crippen molar-refractivity contribution in [2.24, 2.45) is 0 Å². The van der Waals surface area contributed by atoms with Crippen molar-refractivity contribution in [1.82, 2.24) is 0 Å². The van der Waals surface area contributed by atoms with Crippen molar-refractivity contribution in [2.75, 3.05) is 28.2 Å². The molecule has 2 amide bonds. The molecule has 5 aromatic carbocycles. The van der Waals surface area contributed by atoms with Crippen LogP contribution in [-0.2, 0) is 0 Å². The zero-order chi connectivity index (χ0) is 27.3. The molecule has 0 spiro atoms. The van der Waals surface area contributed by atoms with Gasteiger partial charge in [-0.15, -0.1) is 0 Å². The fourth-order valence-electron chi connectivity index (χ4n) is 5.24. The molecule has 0 saturated carbocycles. The topological polar surface area (TPSA) is 52.7 Å². The first-order valence-corrected chi connectivity index (χ1v) is 13.5. The molecule has 0 radical (unpaired) electrons. The molecule has 0 bridgehead atoms. The lowest BCUT2D eigenvalue weighted by molar-refractivity contribution is 0.0986. The van der Waals surface area contributed by atoms with Crippen LogP contribution < -0.4 is 15.1 Å². The van der Waals surface area contributed by atoms with Crippen molar-refractivity contribution in [2.45, 2.75) is 6.42 Å². The molecule has 0 fully saturated rings. The maximum atomic E-state index is 13.7. The Morgan fingerprint density at radius 3 is 1.98 bits per heavy atom. The lowest BCUT2D eigenvalue weighted by Gasteiger charge is -2.27. The predicted molar refractivity (Wildman–Crippen MR) is 162 cm³/mol. The van der Waals surface area contributed by atoms with Crippen molar-refractivity contribution in [3.63, 3.8) is 0 Å². The molecule has 5 aromatic rings. The van der Waals surface area contributed by atoms with Crippen LogP contribution in [-0.4, -0.2) is 24.9 Å². The summed E-state index contributed by atoms with van der Waals surface area (Å²) in [4.78, 5) is 31.1. The number of nitrogens with zero attached hydrogens (tertiary/aromatic N) is 2. The van der Waals surface area contributed by atoms with Gasteiger partial charge in [0.1, 0.15) is 0 Å². The molecule has 1 aliphatic rings. The number of hydrogen-bond acceptors (Lipinski definition) is 3. The normalized spacial score (nSPS) is 12.8. The Labute approximate surface area is 234 Å². The summed E-state index contributed by atoms with van der Waals surface area (Å²) in [6.45, 7) is 1.44. The minimum absolute atomic E-state index is 0.0605. The van der Waals surface area contributed by atoms with Crippen LogP contribution in [0.1, 0.15) is 27.1 Å². The van der Waals surface area contributed by atoms with Crippen molar-refractivity contribution in [3.05, 3.63) is 145 Å². The summed E-state index contributed by atoms with van der Waals surface area (Å²) in [5, 5.41) is 2.99. The number of nitrogens with one attached hydrogen (secondary N) is 1. The average molecular weight is 524 g/mol. The number of fused-ring (bicyclic) bond motifs is 1. The summed E-state index contributed by atoms with van der Waals surface area (Å²) in [6, 6.07) is 42.9. The molecule has 0 unspecified atom stereocenters. The monoisotopic (exact) mass is 523 g/mol. The van der Waals surface area contributed by atoms with Gasteiger partial charge in [0.25, 0.3) is 11.8 Å². The van der Waals surface area contributed by atoms with Crippen molar-refractivity contribution < 1.29 is 9.59 Å². The minimum Gasteiger partial charge on any atom is -0.340 e. The Morgan fingerprint density at radius 1 is 0.600 bits per heavy atom. The largest absolute Gasteiger partial charge is 0.340 e. The van der Waals surface area contributed by atoms with Gasteiger partial charge < -0.3 is 15.1 Å². The predicted octanol–water partition coefficient (Wildman–Crippen LogP) is 7.79. The molecule has 0 saturated heterocycles. The second-order valence-electron chi connectivity index (χ2n) is 9.73. The third kappa shape index (κ3) is 5.09. The Morgan fingerprint density at radius 2 is 1.23 bits per heavy atom. The molecule has 5 heteroatoms. The van der Waals surface area contributed by atoms with Gasteiger partial charge in [-0.1, -0.05) is 78.9 Å². The summed E-state index contributed by atoms with van der Waals surface area (Å²) in [5.74, 6) is -0.254. The first-order valence-electron chi connectivity index (χ1n) is 13.5. The maximum Gasteiger partial charge on any atom is 0.258 e. The summed E-state index contributed by atoms with van der Waals surface area (Å²) in [7, 11) is 0. The van der Waals surface area contributed by atoms with Gasteiger partial charge in [0.05, 0.1) is 11.4 Å². The van der Waals surface area contributed by atoms with Crippen LogP contribution in [0.2, 0.25) is 0 Å². The SMILES string of the molecule is O=C(Nc1ccc(C(=O)N2CCCN(c3ccccc3)c3ccccc32)cc1)c1ccccc1-c1ccccc1. The van der Waals surface area contributed by atoms with Gasteiger partial charge in [-0.2, -0.15) is 0 Å². The first kappa shape index (κ1) is 25.1. The number of para-hydroxylation sites is 3. The molecular weight excluding hydrogens is 494 g/mol. The number of carbonyl (C=O) groups excluding carboxylic acids is 2. The molecule has 196 valence electrons. The zero-order valence-corrected chi connectivity index (χ0v) is 22.0. The highest BCUT2D eigenvalue weighted by Gasteiger charge is 2.26. The molecule has 5 nitrogen and oxygen atoms in total. The zero-order valence-electron chi connectivity index (χ0n) is 22.0. The van der Waals surface area contributed by atoms with E-state index in [1.807, 2.05) is 95.9 Å². The van der Waals surface area contributed by atoms with Crippen LogP contribution >= 0.6 is 0 Å². The lowest BCUT2D eigenvalue weighted by Crippen LogP contribution is -2.31. The molecule has 0 aromatic heterocycles. The molecule has 1 aliphatic heterocycles. The van der Waals surface area contributed by atoms with E-state index in [0.717, 1.165) is 41.2 Å². The van der Waals surface area contributed by atoms with Gasteiger partial charge in [-0.25, -0.2) is 0 Å². The van der Waals surface area contributed by atoms with Crippen LogP contribution in [0.5, 0.6) is 0 Å². The van der Waals surface area contributed by atoms with Crippen molar-refractivity contribution in [1.29, 1.82) is 0 Å². The second kappa shape index (κ2) is 11.3. The molecule has 6 rings (SSSR count). The quantitative estimate of drug-likeness (QED) is 0.256. The molecule has 1 heterocycles. The Balaban J connectivity index is 1.22. The van der Waals surface area contributed by atoms with Crippen LogP contribution in [0.15, 0.2) is 133 Å². The van der Waals surface area contributed by atoms with Gasteiger partial charge in [0.15, 0.2) is 0 Å². The van der Waals surface area contributed by atoms with Crippen LogP contribution in [0.4, 0.5) is 22.7 Å². The molecule has 0 aliphatic carbocycles. The van der Waals surface area contributed by atoms with E-state index in [0.29, 0.717) is 23.4 Å². The lowest BCUT2D eigenvalue weighted by atomic mass is 9.99. The second-order valence-corrected chi connectivity index (χ2v) is 9.73. The first-order chi connectivity index (χ1) is 19.7. The third-order valence-electron chi connectivity index (χ3n) is 7.19. The summed E-state index contributed by atoms with van der Waals surface area (Å²) in [6.07, 6.45) is 0.838. The number of carbonyl (C=O) groups is 2. The minimum atomic E-state index is -0.194. The summed E-state index contributed by atoms with van der Waals surface area (Å²) in [5.41, 5.74) is 6.68. The van der Waals surface area contributed by atoms with Crippen LogP contribution in [0.3, 0.4) is 0 Å². The van der Waals surface area contributed by atoms with E-state index in [-0.39, 0.29) is 11.8 Å². The van der Waals surface area contributed by atoms with Gasteiger partial charge in [0, 0.05) is 35.6 Å². The van der Waals surface area contributed by atoms with Crippen molar-refractivity contribution in [3.8, 4) is 11.1 Å². The van der Waals surface area contributed by atoms with Gasteiger partial charge in [-0.3, -0.25) is 9.59 Å². The summed E-state index contributed by atoms with van der Waals surface area (Å²) >= 11 is 0. The highest BCUT2D eigenvalue weighted by molar-refractivity contribution is 6.10. The van der Waals surface area contributed by atoms with Crippen LogP contribution in [0, 0.1) is 0 Å². The van der Waals surface area contributed by atoms with Crippen molar-refractivity contribution >= 4 is 34.6 Å². The van der Waals surface area contributed by atoms with E-state index >= 15 is 0 Å². The van der Waals surface area contributed by atoms with E-state index in [2.05, 4.69) is 28.4 Å². The number of hydrogen-bond donors (Lipinski definition) is 1. The highest BCUT2D eigenvalue weighted by Crippen LogP contribution is 2.37. The molecule has 40 heavy (non-hydrogen) atoms. The highest BCUT2D eigenvalue weighted by atomic mass is 16.2. The third-order valence-corrected chi connectivity index (χ3v) is 7.19. The molecular formula is C35H29N3O2. The Kier molecular flexibility index (Phi) is 7.10. The van der Waals surface area contributed by atoms with Gasteiger partial charge >= 0.3 is 0 Å². The number of benzene rings is 5. The fraction of sp³-hybridized carbons (Fsp3) is 0.0857. The maximum absolute atomic E-state index is 13.7. The van der Waals surface area contributed by atoms with E-state index in [9.17, 15) is 9.59 Å². The fourth-order valence-corrected chi connectivity index (χ4v) is 5.24.